The van der Waals surface area contributed by atoms with Crippen molar-refractivity contribution in [1.82, 2.24) is 29.9 Å². The molecule has 0 aliphatic carbocycles. The molecule has 3 aromatic heterocycles. The van der Waals surface area contributed by atoms with Crippen LogP contribution in [0.3, 0.4) is 0 Å². The largest absolute Gasteiger partial charge is 0.496 e. The van der Waals surface area contributed by atoms with Crippen LogP contribution in [0.5, 0.6) is 5.75 Å². The zero-order chi connectivity index (χ0) is 20.9. The van der Waals surface area contributed by atoms with Crippen molar-refractivity contribution >= 4 is 5.91 Å². The van der Waals surface area contributed by atoms with Crippen molar-refractivity contribution in [2.45, 2.75) is 6.54 Å². The van der Waals surface area contributed by atoms with Crippen LogP contribution < -0.4 is 15.6 Å². The van der Waals surface area contributed by atoms with Gasteiger partial charge in [0.1, 0.15) is 11.4 Å². The van der Waals surface area contributed by atoms with Gasteiger partial charge in [0.2, 0.25) is 0 Å². The van der Waals surface area contributed by atoms with Crippen LogP contribution in [0, 0.1) is 0 Å². The molecule has 0 spiro atoms. The summed E-state index contributed by atoms with van der Waals surface area (Å²) in [7, 11) is 1.42. The van der Waals surface area contributed by atoms with Gasteiger partial charge in [0.25, 0.3) is 11.5 Å². The Morgan fingerprint density at radius 3 is 2.57 bits per heavy atom. The number of hydrogen-bond donors (Lipinski definition) is 1. The Morgan fingerprint density at radius 1 is 1.07 bits per heavy atom. The van der Waals surface area contributed by atoms with Crippen LogP contribution in [0.25, 0.3) is 11.4 Å². The van der Waals surface area contributed by atoms with Crippen LogP contribution in [-0.4, -0.2) is 37.6 Å². The number of pyridine rings is 2. The number of rotatable bonds is 6. The molecule has 0 radical (unpaired) electrons. The van der Waals surface area contributed by atoms with Gasteiger partial charge in [-0.05, 0) is 24.3 Å². The van der Waals surface area contributed by atoms with Gasteiger partial charge in [0, 0.05) is 30.3 Å². The molecule has 1 amide bonds. The molecule has 0 saturated heterocycles. The first kappa shape index (κ1) is 19.1. The van der Waals surface area contributed by atoms with E-state index in [2.05, 4.69) is 20.6 Å². The first-order valence-electron chi connectivity index (χ1n) is 9.11. The molecule has 9 nitrogen and oxygen atoms in total. The number of nitrogens with one attached hydrogen (secondary N) is 1. The maximum absolute atomic E-state index is 12.8. The van der Waals surface area contributed by atoms with E-state index in [1.807, 2.05) is 18.2 Å². The number of carbonyl (C=O) groups excluding carboxylic acids is 1. The summed E-state index contributed by atoms with van der Waals surface area (Å²) in [6, 6.07) is 13.9. The molecule has 9 heteroatoms. The van der Waals surface area contributed by atoms with Gasteiger partial charge in [0.15, 0.2) is 0 Å². The van der Waals surface area contributed by atoms with E-state index in [1.54, 1.807) is 47.5 Å². The standard InChI is InChI=1S/C21H18N6O3/c1-30-19-11-20(28)26(16-5-3-2-4-6-16)14-18(19)21(29)23-12-15-13-27(25-24-15)17-7-9-22-10-8-17/h2-11,13-14H,12H2,1H3,(H,23,29). The fraction of sp³-hybridized carbons (Fsp3) is 0.0952. The number of para-hydroxylation sites is 1. The van der Waals surface area contributed by atoms with Crippen molar-refractivity contribution in [1.29, 1.82) is 0 Å². The molecular formula is C21H18N6O3. The topological polar surface area (TPSA) is 104 Å². The summed E-state index contributed by atoms with van der Waals surface area (Å²) in [6.45, 7) is 0.164. The molecule has 150 valence electrons. The van der Waals surface area contributed by atoms with Crippen LogP contribution in [0.4, 0.5) is 0 Å². The molecule has 3 heterocycles. The molecule has 1 aromatic carbocycles. The fourth-order valence-corrected chi connectivity index (χ4v) is 2.91. The van der Waals surface area contributed by atoms with Crippen molar-refractivity contribution in [3.63, 3.8) is 0 Å². The number of hydrogen-bond acceptors (Lipinski definition) is 6. The monoisotopic (exact) mass is 402 g/mol. The lowest BCUT2D eigenvalue weighted by atomic mass is 10.2. The average molecular weight is 402 g/mol. The molecule has 4 rings (SSSR count). The minimum Gasteiger partial charge on any atom is -0.496 e. The molecular weight excluding hydrogens is 384 g/mol. The molecule has 0 bridgehead atoms. The number of benzene rings is 1. The van der Waals surface area contributed by atoms with Crippen LogP contribution in [0.1, 0.15) is 16.1 Å². The van der Waals surface area contributed by atoms with E-state index in [9.17, 15) is 9.59 Å². The van der Waals surface area contributed by atoms with E-state index < -0.39 is 5.91 Å². The lowest BCUT2D eigenvalue weighted by Gasteiger charge is -2.12. The van der Waals surface area contributed by atoms with Crippen molar-refractivity contribution in [3.8, 4) is 17.1 Å². The van der Waals surface area contributed by atoms with Gasteiger partial charge in [-0.25, -0.2) is 4.68 Å². The third-order valence-corrected chi connectivity index (χ3v) is 4.41. The molecule has 0 aliphatic rings. The molecule has 1 N–H and O–H groups in total. The summed E-state index contributed by atoms with van der Waals surface area (Å²) in [5.74, 6) is -0.194. The number of carbonyl (C=O) groups is 1. The van der Waals surface area contributed by atoms with Crippen LogP contribution in [0.2, 0.25) is 0 Å². The Morgan fingerprint density at radius 2 is 1.83 bits per heavy atom. The zero-order valence-electron chi connectivity index (χ0n) is 16.1. The van der Waals surface area contributed by atoms with Crippen LogP contribution in [-0.2, 0) is 6.54 Å². The normalized spacial score (nSPS) is 10.6. The fourth-order valence-electron chi connectivity index (χ4n) is 2.91. The average Bonchev–Trinajstić information content (AvgIpc) is 3.27. The SMILES string of the molecule is COc1cc(=O)n(-c2ccccc2)cc1C(=O)NCc1cn(-c2ccncc2)nn1. The maximum Gasteiger partial charge on any atom is 0.258 e. The third-order valence-electron chi connectivity index (χ3n) is 4.41. The zero-order valence-corrected chi connectivity index (χ0v) is 16.1. The summed E-state index contributed by atoms with van der Waals surface area (Å²) >= 11 is 0. The number of nitrogens with zero attached hydrogens (tertiary/aromatic N) is 5. The molecule has 30 heavy (non-hydrogen) atoms. The molecule has 0 aliphatic heterocycles. The summed E-state index contributed by atoms with van der Waals surface area (Å²) in [6.07, 6.45) is 6.51. The summed E-state index contributed by atoms with van der Waals surface area (Å²) < 4.78 is 8.24. The number of aromatic nitrogens is 5. The van der Waals surface area contributed by atoms with Gasteiger partial charge in [-0.2, -0.15) is 0 Å². The highest BCUT2D eigenvalue weighted by Gasteiger charge is 2.16. The highest BCUT2D eigenvalue weighted by atomic mass is 16.5. The summed E-state index contributed by atoms with van der Waals surface area (Å²) in [5, 5.41) is 10.9. The Kier molecular flexibility index (Phi) is 5.33. The minimum absolute atomic E-state index is 0.164. The number of ether oxygens (including phenoxy) is 1. The van der Waals surface area contributed by atoms with Gasteiger partial charge >= 0.3 is 0 Å². The molecule has 0 fully saturated rings. The Labute approximate surface area is 171 Å². The summed E-state index contributed by atoms with van der Waals surface area (Å²) in [4.78, 5) is 29.2. The third kappa shape index (κ3) is 3.95. The van der Waals surface area contributed by atoms with Gasteiger partial charge in [-0.3, -0.25) is 19.1 Å². The molecule has 4 aromatic rings. The highest BCUT2D eigenvalue weighted by Crippen LogP contribution is 2.17. The summed E-state index contributed by atoms with van der Waals surface area (Å²) in [5.41, 5.74) is 1.99. The van der Waals surface area contributed by atoms with Crippen LogP contribution >= 0.6 is 0 Å². The van der Waals surface area contributed by atoms with E-state index in [4.69, 9.17) is 4.74 Å². The van der Waals surface area contributed by atoms with E-state index >= 15 is 0 Å². The number of amides is 1. The van der Waals surface area contributed by atoms with E-state index in [-0.39, 0.29) is 23.4 Å². The maximum atomic E-state index is 12.8. The second-order valence-corrected chi connectivity index (χ2v) is 6.34. The predicted molar refractivity (Wildman–Crippen MR) is 109 cm³/mol. The second-order valence-electron chi connectivity index (χ2n) is 6.34. The lowest BCUT2D eigenvalue weighted by molar-refractivity contribution is 0.0946. The first-order valence-corrected chi connectivity index (χ1v) is 9.11. The quantitative estimate of drug-likeness (QED) is 0.527. The smallest absolute Gasteiger partial charge is 0.258 e. The van der Waals surface area contributed by atoms with Crippen molar-refractivity contribution < 1.29 is 9.53 Å². The van der Waals surface area contributed by atoms with Crippen molar-refractivity contribution in [2.75, 3.05) is 7.11 Å². The minimum atomic E-state index is -0.394. The number of methoxy groups -OCH3 is 1. The van der Waals surface area contributed by atoms with Gasteiger partial charge in [-0.15, -0.1) is 5.10 Å². The van der Waals surface area contributed by atoms with Gasteiger partial charge in [0.05, 0.1) is 31.1 Å². The van der Waals surface area contributed by atoms with E-state index in [0.29, 0.717) is 11.4 Å². The van der Waals surface area contributed by atoms with Crippen LogP contribution in [0.15, 0.2) is 78.1 Å². The first-order chi connectivity index (χ1) is 14.7. The predicted octanol–water partition coefficient (Wildman–Crippen LogP) is 1.75. The lowest BCUT2D eigenvalue weighted by Crippen LogP contribution is -2.27. The molecule has 0 atom stereocenters. The van der Waals surface area contributed by atoms with Crippen molar-refractivity contribution in [2.24, 2.45) is 0 Å². The van der Waals surface area contributed by atoms with Gasteiger partial charge < -0.3 is 10.1 Å². The molecule has 0 unspecified atom stereocenters. The molecule has 0 saturated carbocycles. The second kappa shape index (κ2) is 8.39. The van der Waals surface area contributed by atoms with E-state index in [1.165, 1.54) is 23.9 Å². The Bertz CT molecular complexity index is 1220. The van der Waals surface area contributed by atoms with Crippen molar-refractivity contribution in [3.05, 3.63) is 94.9 Å². The highest BCUT2D eigenvalue weighted by molar-refractivity contribution is 5.96. The van der Waals surface area contributed by atoms with E-state index in [0.717, 1.165) is 5.69 Å². The Hall–Kier alpha value is -4.27. The Balaban J connectivity index is 1.55. The van der Waals surface area contributed by atoms with Gasteiger partial charge in [-0.1, -0.05) is 23.4 Å².